The van der Waals surface area contributed by atoms with Crippen LogP contribution in [0.2, 0.25) is 0 Å². The van der Waals surface area contributed by atoms with Crippen LogP contribution in [-0.4, -0.2) is 11.8 Å². The van der Waals surface area contributed by atoms with E-state index in [0.717, 1.165) is 6.07 Å². The normalized spacial score (nSPS) is 12.9. The highest BCUT2D eigenvalue weighted by Gasteiger charge is 2.08. The van der Waals surface area contributed by atoms with Gasteiger partial charge in [-0.05, 0) is 6.07 Å². The van der Waals surface area contributed by atoms with Crippen molar-refractivity contribution in [2.75, 3.05) is 6.54 Å². The molecule has 0 radical (unpaired) electrons. The Hall–Kier alpha value is -0.610. The summed E-state index contributed by atoms with van der Waals surface area (Å²) in [6.07, 6.45) is 0. The van der Waals surface area contributed by atoms with E-state index in [0.29, 0.717) is 17.9 Å². The first-order valence-corrected chi connectivity index (χ1v) is 5.44. The van der Waals surface area contributed by atoms with Crippen molar-refractivity contribution in [2.45, 2.75) is 17.9 Å². The summed E-state index contributed by atoms with van der Waals surface area (Å²) in [5.41, 5.74) is 5.81. The number of hydrogen-bond acceptors (Lipinski definition) is 2. The lowest BCUT2D eigenvalue weighted by Gasteiger charge is -2.08. The Morgan fingerprint density at radius 1 is 1.43 bits per heavy atom. The summed E-state index contributed by atoms with van der Waals surface area (Å²) in [7, 11) is 0. The quantitative estimate of drug-likeness (QED) is 0.838. The predicted octanol–water partition coefficient (Wildman–Crippen LogP) is 2.55. The van der Waals surface area contributed by atoms with Gasteiger partial charge in [0.25, 0.3) is 0 Å². The molecule has 0 heterocycles. The molecule has 1 nitrogen and oxygen atoms in total. The van der Waals surface area contributed by atoms with Crippen LogP contribution in [-0.2, 0) is 5.75 Å². The van der Waals surface area contributed by atoms with Gasteiger partial charge in [0, 0.05) is 23.1 Å². The van der Waals surface area contributed by atoms with E-state index in [4.69, 9.17) is 5.73 Å². The lowest BCUT2D eigenvalue weighted by Crippen LogP contribution is -2.12. The van der Waals surface area contributed by atoms with Gasteiger partial charge in [-0.1, -0.05) is 19.1 Å². The Labute approximate surface area is 86.7 Å². The summed E-state index contributed by atoms with van der Waals surface area (Å²) >= 11 is 1.52. The fraction of sp³-hybridized carbons (Fsp3) is 0.400. The van der Waals surface area contributed by atoms with Crippen LogP contribution in [0.1, 0.15) is 12.5 Å². The van der Waals surface area contributed by atoms with Gasteiger partial charge >= 0.3 is 0 Å². The van der Waals surface area contributed by atoms with Crippen LogP contribution in [0.25, 0.3) is 0 Å². The van der Waals surface area contributed by atoms with Crippen molar-refractivity contribution in [3.05, 3.63) is 35.4 Å². The topological polar surface area (TPSA) is 26.0 Å². The summed E-state index contributed by atoms with van der Waals surface area (Å²) in [5.74, 6) is -1.07. The molecule has 4 heteroatoms. The van der Waals surface area contributed by atoms with Crippen molar-refractivity contribution in [2.24, 2.45) is 5.73 Å². The second-order valence-corrected chi connectivity index (χ2v) is 4.50. The van der Waals surface area contributed by atoms with Crippen LogP contribution in [0.5, 0.6) is 0 Å². The molecule has 0 fully saturated rings. The molecule has 0 saturated carbocycles. The highest BCUT2D eigenvalue weighted by Crippen LogP contribution is 2.20. The number of nitrogens with two attached hydrogens (primary N) is 1. The Kier molecular flexibility index (Phi) is 4.35. The number of thioether (sulfide) groups is 1. The number of benzene rings is 1. The van der Waals surface area contributed by atoms with Crippen molar-refractivity contribution < 1.29 is 8.78 Å². The molecule has 1 unspecified atom stereocenters. The van der Waals surface area contributed by atoms with Gasteiger partial charge in [0.15, 0.2) is 11.6 Å². The van der Waals surface area contributed by atoms with Gasteiger partial charge in [0.1, 0.15) is 0 Å². The predicted molar refractivity (Wildman–Crippen MR) is 56.2 cm³/mol. The third-order valence-electron chi connectivity index (χ3n) is 1.89. The molecule has 14 heavy (non-hydrogen) atoms. The second-order valence-electron chi connectivity index (χ2n) is 3.07. The maximum absolute atomic E-state index is 13.1. The molecule has 1 aromatic rings. The van der Waals surface area contributed by atoms with Crippen LogP contribution in [0.3, 0.4) is 0 Å². The SMILES string of the molecule is CC(CN)SCc1cccc(F)c1F. The molecule has 0 aliphatic carbocycles. The molecule has 0 aliphatic rings. The van der Waals surface area contributed by atoms with Gasteiger partial charge in [0.2, 0.25) is 0 Å². The van der Waals surface area contributed by atoms with Crippen molar-refractivity contribution in [1.82, 2.24) is 0 Å². The Morgan fingerprint density at radius 3 is 2.79 bits per heavy atom. The highest BCUT2D eigenvalue weighted by molar-refractivity contribution is 7.99. The van der Waals surface area contributed by atoms with E-state index in [-0.39, 0.29) is 5.25 Å². The first kappa shape index (κ1) is 11.5. The number of hydrogen-bond donors (Lipinski definition) is 1. The zero-order valence-electron chi connectivity index (χ0n) is 7.97. The van der Waals surface area contributed by atoms with E-state index >= 15 is 0 Å². The Bertz CT molecular complexity index is 304. The minimum absolute atomic E-state index is 0.262. The lowest BCUT2D eigenvalue weighted by molar-refractivity contribution is 0.502. The summed E-state index contributed by atoms with van der Waals surface area (Å²) in [6, 6.07) is 4.23. The molecule has 78 valence electrons. The van der Waals surface area contributed by atoms with E-state index in [1.54, 1.807) is 6.07 Å². The average Bonchev–Trinajstić information content (AvgIpc) is 2.20. The Morgan fingerprint density at radius 2 is 2.14 bits per heavy atom. The van der Waals surface area contributed by atoms with Gasteiger partial charge < -0.3 is 5.73 Å². The lowest BCUT2D eigenvalue weighted by atomic mass is 10.2. The van der Waals surface area contributed by atoms with Crippen LogP contribution in [0, 0.1) is 11.6 Å². The number of halogens is 2. The molecule has 1 atom stereocenters. The molecule has 1 aromatic carbocycles. The third-order valence-corrected chi connectivity index (χ3v) is 3.13. The zero-order valence-corrected chi connectivity index (χ0v) is 8.78. The summed E-state index contributed by atoms with van der Waals surface area (Å²) in [6.45, 7) is 2.50. The third kappa shape index (κ3) is 2.96. The van der Waals surface area contributed by atoms with Crippen LogP contribution >= 0.6 is 11.8 Å². The standard InChI is InChI=1S/C10H13F2NS/c1-7(5-13)14-6-8-3-2-4-9(11)10(8)12/h2-4,7H,5-6,13H2,1H3. The largest absolute Gasteiger partial charge is 0.329 e. The molecular formula is C10H13F2NS. The molecule has 0 aliphatic heterocycles. The molecule has 0 bridgehead atoms. The van der Waals surface area contributed by atoms with E-state index in [1.807, 2.05) is 6.92 Å². The second kappa shape index (κ2) is 5.32. The van der Waals surface area contributed by atoms with Crippen LogP contribution < -0.4 is 5.73 Å². The minimum atomic E-state index is -0.788. The van der Waals surface area contributed by atoms with Crippen molar-refractivity contribution >= 4 is 11.8 Å². The van der Waals surface area contributed by atoms with Crippen molar-refractivity contribution in [1.29, 1.82) is 0 Å². The zero-order chi connectivity index (χ0) is 10.6. The maximum Gasteiger partial charge on any atom is 0.162 e. The van der Waals surface area contributed by atoms with E-state index in [2.05, 4.69) is 0 Å². The van der Waals surface area contributed by atoms with E-state index in [9.17, 15) is 8.78 Å². The van der Waals surface area contributed by atoms with Crippen molar-refractivity contribution in [3.63, 3.8) is 0 Å². The van der Waals surface area contributed by atoms with Crippen molar-refractivity contribution in [3.8, 4) is 0 Å². The van der Waals surface area contributed by atoms with Gasteiger partial charge in [-0.15, -0.1) is 0 Å². The summed E-state index contributed by atoms with van der Waals surface area (Å²) in [5, 5.41) is 0.262. The molecule has 0 amide bonds. The Balaban J connectivity index is 2.63. The molecule has 2 N–H and O–H groups in total. The first-order chi connectivity index (χ1) is 6.65. The fourth-order valence-electron chi connectivity index (χ4n) is 0.960. The molecule has 0 saturated heterocycles. The molecule has 0 spiro atoms. The van der Waals surface area contributed by atoms with Gasteiger partial charge in [-0.2, -0.15) is 11.8 Å². The molecule has 0 aromatic heterocycles. The summed E-state index contributed by atoms with van der Waals surface area (Å²) in [4.78, 5) is 0. The highest BCUT2D eigenvalue weighted by atomic mass is 32.2. The van der Waals surface area contributed by atoms with Crippen LogP contribution in [0.4, 0.5) is 8.78 Å². The van der Waals surface area contributed by atoms with Gasteiger partial charge in [-0.25, -0.2) is 8.78 Å². The smallest absolute Gasteiger partial charge is 0.162 e. The summed E-state index contributed by atoms with van der Waals surface area (Å²) < 4.78 is 25.9. The maximum atomic E-state index is 13.1. The first-order valence-electron chi connectivity index (χ1n) is 4.39. The number of rotatable bonds is 4. The van der Waals surface area contributed by atoms with Gasteiger partial charge in [0.05, 0.1) is 0 Å². The molecular weight excluding hydrogens is 204 g/mol. The van der Waals surface area contributed by atoms with Gasteiger partial charge in [-0.3, -0.25) is 0 Å². The average molecular weight is 217 g/mol. The minimum Gasteiger partial charge on any atom is -0.329 e. The fourth-order valence-corrected chi connectivity index (χ4v) is 1.78. The molecule has 1 rings (SSSR count). The van der Waals surface area contributed by atoms with Crippen LogP contribution in [0.15, 0.2) is 18.2 Å². The monoisotopic (exact) mass is 217 g/mol. The van der Waals surface area contributed by atoms with E-state index < -0.39 is 11.6 Å². The van der Waals surface area contributed by atoms with E-state index in [1.165, 1.54) is 17.8 Å².